The molecule has 1 rings (SSSR count). The van der Waals surface area contributed by atoms with Gasteiger partial charge >= 0.3 is 5.97 Å². The summed E-state index contributed by atoms with van der Waals surface area (Å²) in [6, 6.07) is 4.44. The van der Waals surface area contributed by atoms with Gasteiger partial charge in [-0.05, 0) is 44.8 Å². The zero-order valence-corrected chi connectivity index (χ0v) is 11.6. The summed E-state index contributed by atoms with van der Waals surface area (Å²) < 4.78 is 5.14. The lowest BCUT2D eigenvalue weighted by molar-refractivity contribution is -0.137. The highest BCUT2D eigenvalue weighted by molar-refractivity contribution is 6.01. The quantitative estimate of drug-likeness (QED) is 0.791. The second kappa shape index (κ2) is 6.33. The predicted octanol–water partition coefficient (Wildman–Crippen LogP) is 1.59. The Morgan fingerprint density at radius 3 is 2.42 bits per heavy atom. The Bertz CT molecular complexity index is 482. The van der Waals surface area contributed by atoms with E-state index in [0.717, 1.165) is 5.56 Å². The Labute approximate surface area is 112 Å². The number of hydrogen-bond acceptors (Lipinski definition) is 4. The number of rotatable bonds is 6. The average Bonchev–Trinajstić information content (AvgIpc) is 2.34. The Morgan fingerprint density at radius 2 is 2.00 bits per heavy atom. The van der Waals surface area contributed by atoms with Crippen molar-refractivity contribution in [3.05, 3.63) is 29.3 Å². The third-order valence-electron chi connectivity index (χ3n) is 2.97. The number of carbonyl (C=O) groups excluding carboxylic acids is 1. The first-order chi connectivity index (χ1) is 8.86. The van der Waals surface area contributed by atoms with Crippen LogP contribution >= 0.6 is 0 Å². The van der Waals surface area contributed by atoms with E-state index in [4.69, 9.17) is 9.84 Å². The van der Waals surface area contributed by atoms with E-state index in [1.807, 2.05) is 6.92 Å². The van der Waals surface area contributed by atoms with Crippen molar-refractivity contribution < 1.29 is 19.4 Å². The maximum absolute atomic E-state index is 12.3. The molecule has 1 N–H and O–H groups in total. The van der Waals surface area contributed by atoms with Crippen molar-refractivity contribution in [2.75, 3.05) is 21.2 Å². The van der Waals surface area contributed by atoms with Crippen LogP contribution in [-0.4, -0.2) is 49.0 Å². The molecular weight excluding hydrogens is 246 g/mol. The van der Waals surface area contributed by atoms with Gasteiger partial charge in [-0.1, -0.05) is 0 Å². The Kier molecular flexibility index (Phi) is 5.06. The van der Waals surface area contributed by atoms with Crippen LogP contribution in [0.25, 0.3) is 0 Å². The van der Waals surface area contributed by atoms with Gasteiger partial charge in [0.2, 0.25) is 0 Å². The lowest BCUT2D eigenvalue weighted by atomic mass is 9.99. The lowest BCUT2D eigenvalue weighted by Gasteiger charge is -2.21. The van der Waals surface area contributed by atoms with Crippen LogP contribution in [0.3, 0.4) is 0 Å². The highest BCUT2D eigenvalue weighted by Crippen LogP contribution is 2.20. The third kappa shape index (κ3) is 3.79. The van der Waals surface area contributed by atoms with Gasteiger partial charge in [0.25, 0.3) is 0 Å². The molecule has 5 heteroatoms. The van der Waals surface area contributed by atoms with Gasteiger partial charge in [0.1, 0.15) is 5.75 Å². The van der Waals surface area contributed by atoms with Gasteiger partial charge in [-0.2, -0.15) is 0 Å². The molecule has 5 nitrogen and oxygen atoms in total. The molecule has 0 aliphatic carbocycles. The van der Waals surface area contributed by atoms with E-state index in [2.05, 4.69) is 0 Å². The molecule has 1 unspecified atom stereocenters. The van der Waals surface area contributed by atoms with Crippen LogP contribution in [0, 0.1) is 6.92 Å². The molecule has 1 atom stereocenters. The summed E-state index contributed by atoms with van der Waals surface area (Å²) in [5.41, 5.74) is 1.35. The van der Waals surface area contributed by atoms with Crippen molar-refractivity contribution >= 4 is 11.8 Å². The van der Waals surface area contributed by atoms with E-state index < -0.39 is 12.0 Å². The van der Waals surface area contributed by atoms with Crippen molar-refractivity contribution in [1.82, 2.24) is 4.90 Å². The first kappa shape index (κ1) is 15.2. The Hall–Kier alpha value is -1.88. The third-order valence-corrected chi connectivity index (χ3v) is 2.97. The topological polar surface area (TPSA) is 66.8 Å². The minimum Gasteiger partial charge on any atom is -0.496 e. The Morgan fingerprint density at radius 1 is 1.37 bits per heavy atom. The molecular formula is C14H19NO4. The van der Waals surface area contributed by atoms with Gasteiger partial charge in [-0.15, -0.1) is 0 Å². The summed E-state index contributed by atoms with van der Waals surface area (Å²) in [5.74, 6) is -0.480. The number of nitrogens with zero attached hydrogens (tertiary/aromatic N) is 1. The molecule has 0 heterocycles. The molecule has 0 saturated carbocycles. The molecule has 1 aromatic rings. The van der Waals surface area contributed by atoms with Crippen LogP contribution in [-0.2, 0) is 4.79 Å². The van der Waals surface area contributed by atoms with Crippen LogP contribution in [0.2, 0.25) is 0 Å². The summed E-state index contributed by atoms with van der Waals surface area (Å²) in [6.07, 6.45) is -0.211. The predicted molar refractivity (Wildman–Crippen MR) is 71.8 cm³/mol. The number of carbonyl (C=O) groups is 2. The SMILES string of the molecule is COc1ccc(C(=O)C(CC(=O)O)N(C)C)cc1C. The Balaban J connectivity index is 3.03. The van der Waals surface area contributed by atoms with Crippen LogP contribution in [0.15, 0.2) is 18.2 Å². The van der Waals surface area contributed by atoms with Gasteiger partial charge in [0, 0.05) is 5.56 Å². The fraction of sp³-hybridized carbons (Fsp3) is 0.429. The van der Waals surface area contributed by atoms with Crippen LogP contribution in [0.1, 0.15) is 22.3 Å². The van der Waals surface area contributed by atoms with Gasteiger partial charge in [0.15, 0.2) is 5.78 Å². The van der Waals surface area contributed by atoms with E-state index >= 15 is 0 Å². The second-order valence-corrected chi connectivity index (χ2v) is 4.63. The van der Waals surface area contributed by atoms with E-state index in [0.29, 0.717) is 11.3 Å². The average molecular weight is 265 g/mol. The lowest BCUT2D eigenvalue weighted by Crippen LogP contribution is -2.37. The van der Waals surface area contributed by atoms with E-state index in [9.17, 15) is 9.59 Å². The first-order valence-electron chi connectivity index (χ1n) is 5.94. The number of carboxylic acid groups (broad SMARTS) is 1. The molecule has 0 aliphatic heterocycles. The minimum atomic E-state index is -0.989. The molecule has 0 aliphatic rings. The molecule has 0 aromatic heterocycles. The molecule has 0 saturated heterocycles. The number of methoxy groups -OCH3 is 1. The number of aliphatic carboxylic acids is 1. The van der Waals surface area contributed by atoms with E-state index in [1.54, 1.807) is 44.3 Å². The monoisotopic (exact) mass is 265 g/mol. The number of benzene rings is 1. The van der Waals surface area contributed by atoms with E-state index in [1.165, 1.54) is 0 Å². The molecule has 0 spiro atoms. The number of carboxylic acids is 1. The number of ether oxygens (including phenoxy) is 1. The van der Waals surface area contributed by atoms with Crippen molar-refractivity contribution in [3.63, 3.8) is 0 Å². The summed E-state index contributed by atoms with van der Waals surface area (Å²) in [5, 5.41) is 8.87. The van der Waals surface area contributed by atoms with E-state index in [-0.39, 0.29) is 12.2 Å². The van der Waals surface area contributed by atoms with Gasteiger partial charge in [-0.25, -0.2) is 0 Å². The standard InChI is InChI=1S/C14H19NO4/c1-9-7-10(5-6-12(9)19-4)14(18)11(15(2)3)8-13(16)17/h5-7,11H,8H2,1-4H3,(H,16,17). The highest BCUT2D eigenvalue weighted by Gasteiger charge is 2.25. The molecule has 0 radical (unpaired) electrons. The zero-order chi connectivity index (χ0) is 14.6. The van der Waals surface area contributed by atoms with Crippen molar-refractivity contribution in [2.45, 2.75) is 19.4 Å². The number of Topliss-reactive ketones (excluding diaryl/α,β-unsaturated/α-hetero) is 1. The summed E-state index contributed by atoms with van der Waals surface area (Å²) in [7, 11) is 4.96. The normalized spacial score (nSPS) is 12.3. The van der Waals surface area contributed by atoms with Gasteiger partial charge in [0.05, 0.1) is 19.6 Å². The van der Waals surface area contributed by atoms with Crippen molar-refractivity contribution in [2.24, 2.45) is 0 Å². The molecule has 104 valence electrons. The molecule has 0 bridgehead atoms. The van der Waals surface area contributed by atoms with Crippen LogP contribution in [0.5, 0.6) is 5.75 Å². The molecule has 19 heavy (non-hydrogen) atoms. The van der Waals surface area contributed by atoms with Crippen molar-refractivity contribution in [3.8, 4) is 5.75 Å². The van der Waals surface area contributed by atoms with Crippen LogP contribution < -0.4 is 4.74 Å². The fourth-order valence-corrected chi connectivity index (χ4v) is 1.90. The second-order valence-electron chi connectivity index (χ2n) is 4.63. The number of aryl methyl sites for hydroxylation is 1. The molecule has 0 fully saturated rings. The molecule has 1 aromatic carbocycles. The smallest absolute Gasteiger partial charge is 0.305 e. The summed E-state index contributed by atoms with van der Waals surface area (Å²) >= 11 is 0. The minimum absolute atomic E-state index is 0.196. The first-order valence-corrected chi connectivity index (χ1v) is 5.94. The zero-order valence-electron chi connectivity index (χ0n) is 11.6. The maximum Gasteiger partial charge on any atom is 0.305 e. The summed E-state index contributed by atoms with van der Waals surface area (Å²) in [6.45, 7) is 1.84. The maximum atomic E-state index is 12.3. The molecule has 0 amide bonds. The summed E-state index contributed by atoms with van der Waals surface area (Å²) in [4.78, 5) is 24.8. The highest BCUT2D eigenvalue weighted by atomic mass is 16.5. The number of hydrogen-bond donors (Lipinski definition) is 1. The van der Waals surface area contributed by atoms with Crippen LogP contribution in [0.4, 0.5) is 0 Å². The largest absolute Gasteiger partial charge is 0.496 e. The number of ketones is 1. The number of likely N-dealkylation sites (N-methyl/N-ethyl adjacent to an activating group) is 1. The fourth-order valence-electron chi connectivity index (χ4n) is 1.90. The van der Waals surface area contributed by atoms with Gasteiger partial charge in [-0.3, -0.25) is 14.5 Å². The van der Waals surface area contributed by atoms with Gasteiger partial charge < -0.3 is 9.84 Å². The van der Waals surface area contributed by atoms with Crippen molar-refractivity contribution in [1.29, 1.82) is 0 Å².